The van der Waals surface area contributed by atoms with Gasteiger partial charge in [-0.15, -0.1) is 0 Å². The van der Waals surface area contributed by atoms with Gasteiger partial charge in [0.25, 0.3) is 0 Å². The zero-order valence-electron chi connectivity index (χ0n) is 11.7. The van der Waals surface area contributed by atoms with Gasteiger partial charge in [-0.2, -0.15) is 0 Å². The number of hydrogen-bond acceptors (Lipinski definition) is 4. The first-order chi connectivity index (χ1) is 8.99. The van der Waals surface area contributed by atoms with E-state index in [1.807, 2.05) is 6.92 Å². The Bertz CT molecular complexity index is 469. The van der Waals surface area contributed by atoms with Crippen molar-refractivity contribution >= 4 is 15.5 Å². The van der Waals surface area contributed by atoms with Crippen LogP contribution in [0.25, 0.3) is 0 Å². The van der Waals surface area contributed by atoms with Crippen molar-refractivity contribution in [3.8, 4) is 0 Å². The number of hydrogen-bond donors (Lipinski definition) is 2. The Morgan fingerprint density at radius 2 is 1.84 bits per heavy atom. The van der Waals surface area contributed by atoms with Gasteiger partial charge in [0.15, 0.2) is 9.84 Å². The first-order valence-electron chi connectivity index (χ1n) is 6.82. The smallest absolute Gasteiger partial charge is 0.178 e. The first-order valence-corrected chi connectivity index (χ1v) is 8.47. The van der Waals surface area contributed by atoms with Crippen LogP contribution in [0.2, 0.25) is 0 Å². The summed E-state index contributed by atoms with van der Waals surface area (Å²) in [5, 5.41) is 3.25. The van der Waals surface area contributed by atoms with Crippen molar-refractivity contribution in [1.29, 1.82) is 0 Å². The molecule has 3 N–H and O–H groups in total. The fraction of sp³-hybridized carbons (Fsp3) is 0.571. The van der Waals surface area contributed by atoms with Crippen molar-refractivity contribution in [3.05, 3.63) is 24.3 Å². The highest BCUT2D eigenvalue weighted by Crippen LogP contribution is 2.16. The average molecular weight is 284 g/mol. The molecule has 0 bridgehead atoms. The molecule has 1 unspecified atom stereocenters. The SMILES string of the molecule is CCCS(=O)(=O)c1ccc(NCCC(N)CC)cc1. The second-order valence-corrected chi connectivity index (χ2v) is 6.84. The molecule has 5 heteroatoms. The summed E-state index contributed by atoms with van der Waals surface area (Å²) in [6, 6.07) is 7.15. The van der Waals surface area contributed by atoms with Crippen molar-refractivity contribution in [3.63, 3.8) is 0 Å². The van der Waals surface area contributed by atoms with Crippen LogP contribution in [0.15, 0.2) is 29.2 Å². The zero-order valence-corrected chi connectivity index (χ0v) is 12.5. The summed E-state index contributed by atoms with van der Waals surface area (Å²) in [5.74, 6) is 0.200. The number of anilines is 1. The van der Waals surface area contributed by atoms with Gasteiger partial charge in [0.05, 0.1) is 10.6 Å². The predicted molar refractivity (Wildman–Crippen MR) is 80.2 cm³/mol. The van der Waals surface area contributed by atoms with E-state index < -0.39 is 9.84 Å². The lowest BCUT2D eigenvalue weighted by molar-refractivity contribution is 0.594. The van der Waals surface area contributed by atoms with E-state index in [-0.39, 0.29) is 11.8 Å². The maximum Gasteiger partial charge on any atom is 0.178 e. The van der Waals surface area contributed by atoms with Gasteiger partial charge in [0.1, 0.15) is 0 Å². The number of sulfone groups is 1. The molecule has 0 aliphatic carbocycles. The molecule has 0 amide bonds. The molecule has 0 aromatic heterocycles. The van der Waals surface area contributed by atoms with Crippen molar-refractivity contribution in [1.82, 2.24) is 0 Å². The molecule has 19 heavy (non-hydrogen) atoms. The Morgan fingerprint density at radius 1 is 1.21 bits per heavy atom. The molecule has 0 aliphatic heterocycles. The zero-order chi connectivity index (χ0) is 14.3. The summed E-state index contributed by atoms with van der Waals surface area (Å²) in [6.07, 6.45) is 2.51. The topological polar surface area (TPSA) is 72.2 Å². The molecule has 0 saturated carbocycles. The molecule has 1 aromatic carbocycles. The predicted octanol–water partition coefficient (Wildman–Crippen LogP) is 2.41. The van der Waals surface area contributed by atoms with Crippen LogP contribution in [0.4, 0.5) is 5.69 Å². The normalized spacial score (nSPS) is 13.2. The fourth-order valence-corrected chi connectivity index (χ4v) is 3.10. The third-order valence-electron chi connectivity index (χ3n) is 3.05. The van der Waals surface area contributed by atoms with Gasteiger partial charge in [0, 0.05) is 18.3 Å². The largest absolute Gasteiger partial charge is 0.385 e. The van der Waals surface area contributed by atoms with E-state index >= 15 is 0 Å². The quantitative estimate of drug-likeness (QED) is 0.769. The Kier molecular flexibility index (Phi) is 6.31. The molecule has 0 fully saturated rings. The average Bonchev–Trinajstić information content (AvgIpc) is 2.39. The highest BCUT2D eigenvalue weighted by Gasteiger charge is 2.12. The highest BCUT2D eigenvalue weighted by atomic mass is 32.2. The van der Waals surface area contributed by atoms with E-state index in [1.54, 1.807) is 24.3 Å². The van der Waals surface area contributed by atoms with Crippen LogP contribution in [0.5, 0.6) is 0 Å². The number of nitrogens with two attached hydrogens (primary N) is 1. The van der Waals surface area contributed by atoms with Gasteiger partial charge in [-0.3, -0.25) is 0 Å². The van der Waals surface area contributed by atoms with Crippen LogP contribution in [0.3, 0.4) is 0 Å². The molecule has 4 nitrogen and oxygen atoms in total. The molecule has 108 valence electrons. The second kappa shape index (κ2) is 7.50. The van der Waals surface area contributed by atoms with Crippen LogP contribution in [0, 0.1) is 0 Å². The van der Waals surface area contributed by atoms with Gasteiger partial charge in [-0.05, 0) is 43.5 Å². The van der Waals surface area contributed by atoms with E-state index in [0.717, 1.165) is 25.1 Å². The lowest BCUT2D eigenvalue weighted by Crippen LogP contribution is -2.22. The molecular formula is C14H24N2O2S. The maximum absolute atomic E-state index is 11.8. The maximum atomic E-state index is 11.8. The van der Waals surface area contributed by atoms with Gasteiger partial charge in [0.2, 0.25) is 0 Å². The van der Waals surface area contributed by atoms with E-state index in [9.17, 15) is 8.42 Å². The summed E-state index contributed by atoms with van der Waals surface area (Å²) < 4.78 is 23.7. The van der Waals surface area contributed by atoms with Crippen molar-refractivity contribution in [2.24, 2.45) is 5.73 Å². The highest BCUT2D eigenvalue weighted by molar-refractivity contribution is 7.91. The van der Waals surface area contributed by atoms with Crippen molar-refractivity contribution in [2.75, 3.05) is 17.6 Å². The molecule has 0 spiro atoms. The standard InChI is InChI=1S/C14H24N2O2S/c1-3-11-19(17,18)14-7-5-13(6-8-14)16-10-9-12(15)4-2/h5-8,12,16H,3-4,9-11,15H2,1-2H3. The van der Waals surface area contributed by atoms with Gasteiger partial charge < -0.3 is 11.1 Å². The molecule has 0 radical (unpaired) electrons. The molecule has 0 heterocycles. The van der Waals surface area contributed by atoms with E-state index in [2.05, 4.69) is 12.2 Å². The van der Waals surface area contributed by atoms with E-state index in [4.69, 9.17) is 5.73 Å². The minimum atomic E-state index is -3.11. The van der Waals surface area contributed by atoms with Crippen molar-refractivity contribution in [2.45, 2.75) is 44.0 Å². The summed E-state index contributed by atoms with van der Waals surface area (Å²) in [5.41, 5.74) is 6.76. The van der Waals surface area contributed by atoms with E-state index in [1.165, 1.54) is 0 Å². The fourth-order valence-electron chi connectivity index (χ4n) is 1.77. The van der Waals surface area contributed by atoms with Gasteiger partial charge >= 0.3 is 0 Å². The first kappa shape index (κ1) is 16.0. The minimum Gasteiger partial charge on any atom is -0.385 e. The van der Waals surface area contributed by atoms with Gasteiger partial charge in [-0.25, -0.2) is 8.42 Å². The number of rotatable bonds is 8. The monoisotopic (exact) mass is 284 g/mol. The molecule has 1 aromatic rings. The summed E-state index contributed by atoms with van der Waals surface area (Å²) in [4.78, 5) is 0.394. The third kappa shape index (κ3) is 5.20. The van der Waals surface area contributed by atoms with Crippen LogP contribution >= 0.6 is 0 Å². The van der Waals surface area contributed by atoms with Crippen LogP contribution < -0.4 is 11.1 Å². The number of nitrogens with one attached hydrogen (secondary N) is 1. The molecule has 1 atom stereocenters. The second-order valence-electron chi connectivity index (χ2n) is 4.73. The van der Waals surface area contributed by atoms with E-state index in [0.29, 0.717) is 11.3 Å². The lowest BCUT2D eigenvalue weighted by Gasteiger charge is -2.11. The van der Waals surface area contributed by atoms with Crippen LogP contribution in [0.1, 0.15) is 33.1 Å². The Hall–Kier alpha value is -1.07. The molecule has 0 saturated heterocycles. The summed E-state index contributed by atoms with van der Waals surface area (Å²) in [7, 11) is -3.11. The van der Waals surface area contributed by atoms with Gasteiger partial charge in [-0.1, -0.05) is 13.8 Å². The minimum absolute atomic E-state index is 0.200. The van der Waals surface area contributed by atoms with Crippen LogP contribution in [-0.4, -0.2) is 26.8 Å². The molecule has 0 aliphatic rings. The number of benzene rings is 1. The van der Waals surface area contributed by atoms with Crippen LogP contribution in [-0.2, 0) is 9.84 Å². The summed E-state index contributed by atoms with van der Waals surface area (Å²) >= 11 is 0. The lowest BCUT2D eigenvalue weighted by atomic mass is 10.2. The third-order valence-corrected chi connectivity index (χ3v) is 4.99. The molecular weight excluding hydrogens is 260 g/mol. The Labute approximate surface area is 116 Å². The van der Waals surface area contributed by atoms with Crippen molar-refractivity contribution < 1.29 is 8.42 Å². The Balaban J connectivity index is 2.57. The molecule has 1 rings (SSSR count). The summed E-state index contributed by atoms with van der Waals surface area (Å²) in [6.45, 7) is 4.73. The Morgan fingerprint density at radius 3 is 2.37 bits per heavy atom.